The van der Waals surface area contributed by atoms with Gasteiger partial charge in [0.15, 0.2) is 17.5 Å². The van der Waals surface area contributed by atoms with Crippen molar-refractivity contribution in [1.29, 1.82) is 0 Å². The van der Waals surface area contributed by atoms with Gasteiger partial charge in [0.1, 0.15) is 22.9 Å². The van der Waals surface area contributed by atoms with E-state index in [0.29, 0.717) is 17.7 Å². The molecule has 0 heterocycles. The van der Waals surface area contributed by atoms with Crippen LogP contribution in [-0.2, 0) is 12.5 Å². The summed E-state index contributed by atoms with van der Waals surface area (Å²) in [4.78, 5) is 0. The van der Waals surface area contributed by atoms with Crippen LogP contribution < -0.4 is 4.74 Å². The highest BCUT2D eigenvalue weighted by atomic mass is 19.3. The molecule has 0 unspecified atom stereocenters. The highest BCUT2D eigenvalue weighted by molar-refractivity contribution is 5.64. The second-order valence-corrected chi connectivity index (χ2v) is 6.59. The first-order chi connectivity index (χ1) is 14.0. The number of hydrogen-bond acceptors (Lipinski definition) is 1. The van der Waals surface area contributed by atoms with E-state index < -0.39 is 52.1 Å². The lowest BCUT2D eigenvalue weighted by atomic mass is 10.0. The normalized spacial score (nSPS) is 11.6. The molecule has 1 nitrogen and oxygen atoms in total. The summed E-state index contributed by atoms with van der Waals surface area (Å²) in [5, 5.41) is 0. The summed E-state index contributed by atoms with van der Waals surface area (Å²) in [5.74, 6) is -9.72. The van der Waals surface area contributed by atoms with Crippen LogP contribution in [-0.4, -0.2) is 0 Å². The van der Waals surface area contributed by atoms with Crippen LogP contribution in [0.25, 0.3) is 11.1 Å². The molecule has 0 aliphatic heterocycles. The Labute approximate surface area is 167 Å². The molecule has 0 aliphatic carbocycles. The van der Waals surface area contributed by atoms with Gasteiger partial charge in [0.25, 0.3) is 0 Å². The second-order valence-electron chi connectivity index (χ2n) is 6.59. The average Bonchev–Trinajstić information content (AvgIpc) is 2.69. The minimum atomic E-state index is -4.62. The van der Waals surface area contributed by atoms with E-state index in [4.69, 9.17) is 0 Å². The van der Waals surface area contributed by atoms with Crippen molar-refractivity contribution in [3.63, 3.8) is 0 Å². The SMILES string of the molecule is CCc1ccc(-c2cc(F)c(C(F)(F)Oc3cc(F)c(F)c(F)c3C)c(F)c2)cc1. The first-order valence-electron chi connectivity index (χ1n) is 8.85. The minimum absolute atomic E-state index is 0.0160. The van der Waals surface area contributed by atoms with Gasteiger partial charge in [-0.1, -0.05) is 31.2 Å². The van der Waals surface area contributed by atoms with E-state index in [2.05, 4.69) is 4.74 Å². The summed E-state index contributed by atoms with van der Waals surface area (Å²) in [6, 6.07) is 8.24. The maximum Gasteiger partial charge on any atom is 0.432 e. The van der Waals surface area contributed by atoms with Crippen LogP contribution >= 0.6 is 0 Å². The van der Waals surface area contributed by atoms with Crippen molar-refractivity contribution < 1.29 is 35.5 Å². The lowest BCUT2D eigenvalue weighted by Crippen LogP contribution is -2.26. The van der Waals surface area contributed by atoms with Gasteiger partial charge in [-0.3, -0.25) is 0 Å². The van der Waals surface area contributed by atoms with Crippen molar-refractivity contribution in [2.24, 2.45) is 0 Å². The summed E-state index contributed by atoms with van der Waals surface area (Å²) in [6.45, 7) is 2.78. The van der Waals surface area contributed by atoms with E-state index in [-0.39, 0.29) is 11.6 Å². The van der Waals surface area contributed by atoms with Gasteiger partial charge >= 0.3 is 6.11 Å². The fraction of sp³-hybridized carbons (Fsp3) is 0.182. The Kier molecular flexibility index (Phi) is 5.78. The van der Waals surface area contributed by atoms with Gasteiger partial charge in [0.2, 0.25) is 0 Å². The molecule has 8 heteroatoms. The van der Waals surface area contributed by atoms with Crippen molar-refractivity contribution in [3.05, 3.63) is 88.2 Å². The fourth-order valence-corrected chi connectivity index (χ4v) is 2.91. The van der Waals surface area contributed by atoms with Crippen LogP contribution in [0.2, 0.25) is 0 Å². The molecule has 3 rings (SSSR count). The van der Waals surface area contributed by atoms with Crippen molar-refractivity contribution in [2.45, 2.75) is 26.4 Å². The number of ether oxygens (including phenoxy) is 1. The van der Waals surface area contributed by atoms with E-state index >= 15 is 0 Å². The standard InChI is InChI=1S/C22H15F7O/c1-3-12-4-6-13(7-5-12)14-8-15(23)19(16(24)9-14)22(28,29)30-18-10-17(25)21(27)20(26)11(18)2/h4-10H,3H2,1-2H3. The third-order valence-electron chi connectivity index (χ3n) is 4.63. The average molecular weight is 428 g/mol. The molecule has 0 fully saturated rings. The monoisotopic (exact) mass is 428 g/mol. The number of hydrogen-bond donors (Lipinski definition) is 0. The van der Waals surface area contributed by atoms with Gasteiger partial charge < -0.3 is 4.74 Å². The van der Waals surface area contributed by atoms with Gasteiger partial charge in [-0.15, -0.1) is 0 Å². The van der Waals surface area contributed by atoms with Crippen LogP contribution in [0.4, 0.5) is 30.7 Å². The summed E-state index contributed by atoms with van der Waals surface area (Å²) < 4.78 is 102. The van der Waals surface area contributed by atoms with Gasteiger partial charge in [-0.05, 0) is 42.2 Å². The van der Waals surface area contributed by atoms with Crippen LogP contribution in [0.15, 0.2) is 42.5 Å². The third-order valence-corrected chi connectivity index (χ3v) is 4.63. The van der Waals surface area contributed by atoms with Crippen molar-refractivity contribution in [1.82, 2.24) is 0 Å². The molecular formula is C22H15F7O. The molecule has 0 aliphatic rings. The molecule has 0 atom stereocenters. The lowest BCUT2D eigenvalue weighted by Gasteiger charge is -2.21. The highest BCUT2D eigenvalue weighted by Crippen LogP contribution is 2.39. The van der Waals surface area contributed by atoms with Crippen molar-refractivity contribution >= 4 is 0 Å². The van der Waals surface area contributed by atoms with Crippen molar-refractivity contribution in [3.8, 4) is 16.9 Å². The highest BCUT2D eigenvalue weighted by Gasteiger charge is 2.42. The number of rotatable bonds is 5. The predicted octanol–water partition coefficient (Wildman–Crippen LogP) is 7.05. The summed E-state index contributed by atoms with van der Waals surface area (Å²) in [5.41, 5.74) is -1.12. The molecule has 0 bridgehead atoms. The van der Waals surface area contributed by atoms with Crippen LogP contribution in [0.5, 0.6) is 5.75 Å². The van der Waals surface area contributed by atoms with Gasteiger partial charge in [-0.2, -0.15) is 8.78 Å². The Morgan fingerprint density at radius 1 is 0.767 bits per heavy atom. The molecule has 0 amide bonds. The van der Waals surface area contributed by atoms with E-state index in [0.717, 1.165) is 18.9 Å². The smallest absolute Gasteiger partial charge is 0.428 e. The second kappa shape index (κ2) is 8.01. The molecule has 0 radical (unpaired) electrons. The van der Waals surface area contributed by atoms with Crippen LogP contribution in [0.1, 0.15) is 23.6 Å². The molecular weight excluding hydrogens is 413 g/mol. The first-order valence-corrected chi connectivity index (χ1v) is 8.85. The van der Waals surface area contributed by atoms with E-state index in [1.165, 1.54) is 0 Å². The molecule has 3 aromatic rings. The Balaban J connectivity index is 2.00. The lowest BCUT2D eigenvalue weighted by molar-refractivity contribution is -0.190. The topological polar surface area (TPSA) is 9.23 Å². The molecule has 0 spiro atoms. The van der Waals surface area contributed by atoms with E-state index in [1.807, 2.05) is 6.92 Å². The summed E-state index contributed by atoms with van der Waals surface area (Å²) in [6.07, 6.45) is -3.88. The third kappa shape index (κ3) is 3.99. The maximum absolute atomic E-state index is 14.5. The number of alkyl halides is 2. The zero-order valence-electron chi connectivity index (χ0n) is 15.8. The molecule has 3 aromatic carbocycles. The first kappa shape index (κ1) is 21.7. The Morgan fingerprint density at radius 3 is 1.87 bits per heavy atom. The minimum Gasteiger partial charge on any atom is -0.428 e. The maximum atomic E-state index is 14.5. The van der Waals surface area contributed by atoms with Crippen LogP contribution in [0.3, 0.4) is 0 Å². The quantitative estimate of drug-likeness (QED) is 0.313. The van der Waals surface area contributed by atoms with E-state index in [1.54, 1.807) is 24.3 Å². The molecule has 0 saturated carbocycles. The molecule has 158 valence electrons. The number of aryl methyl sites for hydroxylation is 1. The predicted molar refractivity (Wildman–Crippen MR) is 96.7 cm³/mol. The Morgan fingerprint density at radius 2 is 1.33 bits per heavy atom. The number of benzene rings is 3. The van der Waals surface area contributed by atoms with E-state index in [9.17, 15) is 30.7 Å². The molecule has 30 heavy (non-hydrogen) atoms. The van der Waals surface area contributed by atoms with Crippen molar-refractivity contribution in [2.75, 3.05) is 0 Å². The summed E-state index contributed by atoms with van der Waals surface area (Å²) in [7, 11) is 0. The summed E-state index contributed by atoms with van der Waals surface area (Å²) >= 11 is 0. The largest absolute Gasteiger partial charge is 0.432 e. The zero-order valence-corrected chi connectivity index (χ0v) is 15.8. The van der Waals surface area contributed by atoms with Gasteiger partial charge in [0, 0.05) is 11.6 Å². The Hall–Kier alpha value is -3.03. The zero-order chi connectivity index (χ0) is 22.2. The Bertz CT molecular complexity index is 1070. The fourth-order valence-electron chi connectivity index (χ4n) is 2.91. The van der Waals surface area contributed by atoms with Gasteiger partial charge in [0.05, 0.1) is 0 Å². The molecule has 0 aromatic heterocycles. The molecule has 0 N–H and O–H groups in total. The van der Waals surface area contributed by atoms with Gasteiger partial charge in [-0.25, -0.2) is 22.0 Å². The van der Waals surface area contributed by atoms with Crippen LogP contribution in [0, 0.1) is 36.0 Å². The molecule has 0 saturated heterocycles. The number of halogens is 7.